The predicted molar refractivity (Wildman–Crippen MR) is 201 cm³/mol. The first-order chi connectivity index (χ1) is 23.8. The molecule has 234 valence electrons. The highest BCUT2D eigenvalue weighted by Crippen LogP contribution is 2.56. The van der Waals surface area contributed by atoms with Gasteiger partial charge in [-0.1, -0.05) is 137 Å². The number of hydrogen-bond donors (Lipinski definition) is 0. The van der Waals surface area contributed by atoms with Crippen LogP contribution in [0.3, 0.4) is 0 Å². The molecule has 10 rings (SSSR count). The molecule has 0 atom stereocenters. The van der Waals surface area contributed by atoms with Gasteiger partial charge in [0, 0.05) is 27.3 Å². The van der Waals surface area contributed by atoms with Gasteiger partial charge in [0.25, 0.3) is 0 Å². The lowest BCUT2D eigenvalue weighted by Crippen LogP contribution is -2.16. The van der Waals surface area contributed by atoms with E-state index in [0.717, 1.165) is 33.2 Å². The van der Waals surface area contributed by atoms with Crippen molar-refractivity contribution in [1.29, 1.82) is 0 Å². The number of para-hydroxylation sites is 1. The van der Waals surface area contributed by atoms with Gasteiger partial charge in [-0.25, -0.2) is 4.98 Å². The predicted octanol–water partition coefficient (Wildman–Crippen LogP) is 12.0. The van der Waals surface area contributed by atoms with Crippen LogP contribution in [0, 0.1) is 0 Å². The molecule has 0 amide bonds. The molecular formula is C46H34N2O. The van der Waals surface area contributed by atoms with E-state index in [1.807, 2.05) is 36.4 Å². The summed E-state index contributed by atoms with van der Waals surface area (Å²) < 4.78 is 6.27. The summed E-state index contributed by atoms with van der Waals surface area (Å²) in [5.41, 5.74) is 17.6. The van der Waals surface area contributed by atoms with Gasteiger partial charge in [0.15, 0.2) is 5.82 Å². The Hall–Kier alpha value is -5.80. The Morgan fingerprint density at radius 2 is 1.04 bits per heavy atom. The largest absolute Gasteiger partial charge is 0.438 e. The number of rotatable bonds is 3. The van der Waals surface area contributed by atoms with E-state index in [4.69, 9.17) is 14.4 Å². The van der Waals surface area contributed by atoms with Gasteiger partial charge in [-0.2, -0.15) is 4.98 Å². The molecular weight excluding hydrogens is 597 g/mol. The Bertz CT molecular complexity index is 2640. The summed E-state index contributed by atoms with van der Waals surface area (Å²) in [5, 5.41) is 1.97. The van der Waals surface area contributed by atoms with E-state index in [0.29, 0.717) is 11.5 Å². The van der Waals surface area contributed by atoms with Gasteiger partial charge in [0.05, 0.1) is 11.1 Å². The number of benzene rings is 6. The molecule has 49 heavy (non-hydrogen) atoms. The van der Waals surface area contributed by atoms with Crippen molar-refractivity contribution in [2.45, 2.75) is 38.5 Å². The van der Waals surface area contributed by atoms with Crippen LogP contribution in [0.2, 0.25) is 0 Å². The van der Waals surface area contributed by atoms with Crippen molar-refractivity contribution < 1.29 is 4.42 Å². The molecule has 0 radical (unpaired) electrons. The van der Waals surface area contributed by atoms with Crippen LogP contribution in [0.1, 0.15) is 49.9 Å². The fourth-order valence-corrected chi connectivity index (χ4v) is 8.49. The van der Waals surface area contributed by atoms with E-state index in [1.54, 1.807) is 0 Å². The first kappa shape index (κ1) is 28.2. The monoisotopic (exact) mass is 630 g/mol. The van der Waals surface area contributed by atoms with Crippen LogP contribution in [0.5, 0.6) is 0 Å². The zero-order valence-electron chi connectivity index (χ0n) is 28.0. The van der Waals surface area contributed by atoms with Crippen LogP contribution in [0.25, 0.3) is 78.1 Å². The van der Waals surface area contributed by atoms with Gasteiger partial charge in [0.2, 0.25) is 5.71 Å². The zero-order chi connectivity index (χ0) is 33.1. The summed E-state index contributed by atoms with van der Waals surface area (Å²) in [7, 11) is 0. The Balaban J connectivity index is 1.06. The first-order valence-corrected chi connectivity index (χ1v) is 17.1. The molecule has 0 saturated carbocycles. The molecule has 0 aliphatic heterocycles. The van der Waals surface area contributed by atoms with Crippen molar-refractivity contribution in [2.24, 2.45) is 0 Å². The molecule has 0 spiro atoms. The van der Waals surface area contributed by atoms with E-state index in [2.05, 4.69) is 125 Å². The topological polar surface area (TPSA) is 38.9 Å². The minimum absolute atomic E-state index is 0.0326. The summed E-state index contributed by atoms with van der Waals surface area (Å²) in [4.78, 5) is 10.1. The van der Waals surface area contributed by atoms with E-state index in [-0.39, 0.29) is 10.8 Å². The molecule has 3 heteroatoms. The second kappa shape index (κ2) is 9.87. The average molecular weight is 631 g/mol. The highest BCUT2D eigenvalue weighted by atomic mass is 16.3. The highest BCUT2D eigenvalue weighted by molar-refractivity contribution is 6.10. The number of fused-ring (bicyclic) bond motifs is 9. The van der Waals surface area contributed by atoms with Crippen LogP contribution >= 0.6 is 0 Å². The fourth-order valence-electron chi connectivity index (χ4n) is 8.49. The van der Waals surface area contributed by atoms with Crippen LogP contribution in [0.4, 0.5) is 0 Å². The molecule has 2 heterocycles. The van der Waals surface area contributed by atoms with Gasteiger partial charge in [-0.15, -0.1) is 0 Å². The maximum atomic E-state index is 6.27. The quantitative estimate of drug-likeness (QED) is 0.195. The maximum absolute atomic E-state index is 6.27. The second-order valence-electron chi connectivity index (χ2n) is 14.6. The number of nitrogens with zero attached hydrogens (tertiary/aromatic N) is 2. The van der Waals surface area contributed by atoms with E-state index in [1.165, 1.54) is 55.6 Å². The van der Waals surface area contributed by atoms with Gasteiger partial charge in [0.1, 0.15) is 5.58 Å². The molecule has 0 unspecified atom stereocenters. The Labute approximate surface area is 285 Å². The number of hydrogen-bond acceptors (Lipinski definition) is 3. The smallest absolute Gasteiger partial charge is 0.231 e. The first-order valence-electron chi connectivity index (χ1n) is 17.1. The SMILES string of the molecule is CC1(C)c2ccccc2-c2cc3c(cc21)-c1cc(-c2ccc(-c4nc(-c5ccccc5)c5c(n4)oc4ccccc45)cc2)ccc1C3(C)C. The van der Waals surface area contributed by atoms with Crippen molar-refractivity contribution in [1.82, 2.24) is 9.97 Å². The summed E-state index contributed by atoms with van der Waals surface area (Å²) >= 11 is 0. The summed E-state index contributed by atoms with van der Waals surface area (Å²) in [6.45, 7) is 9.46. The number of furan rings is 1. The van der Waals surface area contributed by atoms with Crippen LogP contribution < -0.4 is 0 Å². The second-order valence-corrected chi connectivity index (χ2v) is 14.6. The van der Waals surface area contributed by atoms with Crippen LogP contribution in [-0.2, 0) is 10.8 Å². The lowest BCUT2D eigenvalue weighted by atomic mass is 9.79. The van der Waals surface area contributed by atoms with Gasteiger partial charge in [-0.05, 0) is 79.9 Å². The third kappa shape index (κ3) is 3.96. The van der Waals surface area contributed by atoms with Crippen molar-refractivity contribution in [2.75, 3.05) is 0 Å². The molecule has 0 bridgehead atoms. The van der Waals surface area contributed by atoms with Gasteiger partial charge in [-0.3, -0.25) is 0 Å². The number of aromatic nitrogens is 2. The molecule has 2 aliphatic rings. The molecule has 8 aromatic rings. The lowest BCUT2D eigenvalue weighted by molar-refractivity contribution is 0.652. The van der Waals surface area contributed by atoms with Crippen LogP contribution in [-0.4, -0.2) is 9.97 Å². The molecule has 6 aromatic carbocycles. The van der Waals surface area contributed by atoms with E-state index in [9.17, 15) is 0 Å². The molecule has 0 fully saturated rings. The minimum atomic E-state index is -0.0765. The third-order valence-electron chi connectivity index (χ3n) is 11.1. The molecule has 2 aliphatic carbocycles. The molecule has 0 saturated heterocycles. The Morgan fingerprint density at radius 1 is 0.449 bits per heavy atom. The van der Waals surface area contributed by atoms with E-state index >= 15 is 0 Å². The fraction of sp³-hybridized carbons (Fsp3) is 0.130. The van der Waals surface area contributed by atoms with Crippen molar-refractivity contribution in [3.63, 3.8) is 0 Å². The Kier molecular flexibility index (Phi) is 5.69. The van der Waals surface area contributed by atoms with Crippen LogP contribution in [0.15, 0.2) is 138 Å². The zero-order valence-corrected chi connectivity index (χ0v) is 28.0. The molecule has 0 N–H and O–H groups in total. The van der Waals surface area contributed by atoms with Crippen molar-refractivity contribution in [3.8, 4) is 56.0 Å². The maximum Gasteiger partial charge on any atom is 0.231 e. The average Bonchev–Trinajstić information content (AvgIpc) is 3.70. The summed E-state index contributed by atoms with van der Waals surface area (Å²) in [6, 6.07) is 47.9. The van der Waals surface area contributed by atoms with Crippen molar-refractivity contribution in [3.05, 3.63) is 156 Å². The normalized spacial score (nSPS) is 14.9. The van der Waals surface area contributed by atoms with Gasteiger partial charge < -0.3 is 4.42 Å². The summed E-state index contributed by atoms with van der Waals surface area (Å²) in [5.74, 6) is 0.652. The van der Waals surface area contributed by atoms with E-state index < -0.39 is 0 Å². The summed E-state index contributed by atoms with van der Waals surface area (Å²) in [6.07, 6.45) is 0. The lowest BCUT2D eigenvalue weighted by Gasteiger charge is -2.24. The highest BCUT2D eigenvalue weighted by Gasteiger charge is 2.41. The Morgan fingerprint density at radius 3 is 1.82 bits per heavy atom. The molecule has 2 aromatic heterocycles. The minimum Gasteiger partial charge on any atom is -0.438 e. The van der Waals surface area contributed by atoms with Gasteiger partial charge >= 0.3 is 0 Å². The molecule has 3 nitrogen and oxygen atoms in total. The third-order valence-corrected chi connectivity index (χ3v) is 11.1. The van der Waals surface area contributed by atoms with Crippen molar-refractivity contribution >= 4 is 22.1 Å². The standard InChI is InChI=1S/C46H34N2O/c1-45(2)36-16-10-8-14-31(36)34-25-39-35(26-38(34)45)33-24-30(22-23-37(33)46(39,3)4)27-18-20-29(21-19-27)43-47-42(28-12-6-5-7-13-28)41-32-15-9-11-17-40(32)49-44(41)48-43/h5-26H,1-4H3.